The van der Waals surface area contributed by atoms with Gasteiger partial charge in [0.25, 0.3) is 0 Å². The molecule has 0 fully saturated rings. The van der Waals surface area contributed by atoms with Crippen LogP contribution in [-0.2, 0) is 10.0 Å². The molecule has 0 bridgehead atoms. The van der Waals surface area contributed by atoms with Crippen molar-refractivity contribution >= 4 is 44.6 Å². The van der Waals surface area contributed by atoms with Gasteiger partial charge in [-0.1, -0.05) is 30.1 Å². The predicted octanol–water partition coefficient (Wildman–Crippen LogP) is 3.13. The minimum Gasteiger partial charge on any atom is -0.208 e. The van der Waals surface area contributed by atoms with E-state index in [0.717, 1.165) is 11.3 Å². The molecule has 3 nitrogen and oxygen atoms in total. The molecular formula is C8H11Cl2NO2S2. The molecule has 1 atom stereocenters. The van der Waals surface area contributed by atoms with E-state index in [4.69, 9.17) is 23.2 Å². The van der Waals surface area contributed by atoms with Crippen LogP contribution in [0.25, 0.3) is 0 Å². The number of thiophene rings is 1. The molecule has 0 aliphatic carbocycles. The van der Waals surface area contributed by atoms with Crippen LogP contribution < -0.4 is 4.72 Å². The van der Waals surface area contributed by atoms with Crippen LogP contribution in [0.4, 0.5) is 0 Å². The lowest BCUT2D eigenvalue weighted by Crippen LogP contribution is -2.31. The maximum Gasteiger partial charge on any atom is 0.243 e. The number of rotatable bonds is 4. The zero-order valence-electron chi connectivity index (χ0n) is 8.25. The predicted molar refractivity (Wildman–Crippen MR) is 64.4 cm³/mol. The fourth-order valence-corrected chi connectivity index (χ4v) is 4.40. The average molecular weight is 288 g/mol. The lowest BCUT2D eigenvalue weighted by atomic mass is 10.3. The van der Waals surface area contributed by atoms with Crippen molar-refractivity contribution in [3.63, 3.8) is 0 Å². The van der Waals surface area contributed by atoms with Gasteiger partial charge in [0.05, 0.1) is 4.34 Å². The number of halogens is 2. The molecule has 0 saturated heterocycles. The topological polar surface area (TPSA) is 46.2 Å². The molecule has 0 aliphatic rings. The van der Waals surface area contributed by atoms with Crippen LogP contribution in [0.1, 0.15) is 20.3 Å². The summed E-state index contributed by atoms with van der Waals surface area (Å²) in [5.41, 5.74) is 0. The first-order valence-corrected chi connectivity index (χ1v) is 7.39. The summed E-state index contributed by atoms with van der Waals surface area (Å²) in [6.07, 6.45) is 0.717. The Morgan fingerprint density at radius 3 is 2.53 bits per heavy atom. The number of nitrogens with one attached hydrogen (secondary N) is 1. The minimum absolute atomic E-state index is 0.0551. The molecule has 0 spiro atoms. The third-order valence-corrected chi connectivity index (χ3v) is 5.23. The van der Waals surface area contributed by atoms with Crippen molar-refractivity contribution in [2.75, 3.05) is 0 Å². The van der Waals surface area contributed by atoms with Crippen LogP contribution >= 0.6 is 34.5 Å². The Bertz CT molecular complexity index is 441. The highest BCUT2D eigenvalue weighted by atomic mass is 35.5. The van der Waals surface area contributed by atoms with Gasteiger partial charge in [-0.3, -0.25) is 0 Å². The monoisotopic (exact) mass is 287 g/mol. The molecule has 1 heterocycles. The van der Waals surface area contributed by atoms with E-state index in [1.807, 2.05) is 6.92 Å². The van der Waals surface area contributed by atoms with E-state index in [2.05, 4.69) is 4.72 Å². The zero-order chi connectivity index (χ0) is 11.6. The van der Waals surface area contributed by atoms with Gasteiger partial charge in [-0.15, -0.1) is 11.3 Å². The van der Waals surface area contributed by atoms with Gasteiger partial charge in [0.2, 0.25) is 10.0 Å². The largest absolute Gasteiger partial charge is 0.243 e. The maximum atomic E-state index is 11.8. The molecule has 86 valence electrons. The molecule has 1 N–H and O–H groups in total. The second-order valence-electron chi connectivity index (χ2n) is 3.12. The van der Waals surface area contributed by atoms with E-state index in [-0.39, 0.29) is 15.3 Å². The summed E-state index contributed by atoms with van der Waals surface area (Å²) in [7, 11) is -3.54. The Kier molecular flexibility index (Phi) is 4.43. The summed E-state index contributed by atoms with van der Waals surface area (Å²) >= 11 is 12.5. The lowest BCUT2D eigenvalue weighted by Gasteiger charge is -2.10. The van der Waals surface area contributed by atoms with Crippen LogP contribution in [0.5, 0.6) is 0 Å². The van der Waals surface area contributed by atoms with Gasteiger partial charge in [-0.25, -0.2) is 13.1 Å². The van der Waals surface area contributed by atoms with E-state index < -0.39 is 10.0 Å². The molecule has 1 aromatic rings. The molecule has 0 amide bonds. The Morgan fingerprint density at radius 2 is 2.13 bits per heavy atom. The second-order valence-corrected chi connectivity index (χ2v) is 7.09. The van der Waals surface area contributed by atoms with Crippen molar-refractivity contribution in [3.8, 4) is 0 Å². The summed E-state index contributed by atoms with van der Waals surface area (Å²) < 4.78 is 26.6. The zero-order valence-corrected chi connectivity index (χ0v) is 11.4. The highest BCUT2D eigenvalue weighted by Gasteiger charge is 2.22. The third-order valence-electron chi connectivity index (χ3n) is 1.88. The second kappa shape index (κ2) is 5.01. The number of sulfonamides is 1. The molecule has 0 saturated carbocycles. The molecule has 1 rings (SSSR count). The first-order valence-electron chi connectivity index (χ1n) is 4.34. The summed E-state index contributed by atoms with van der Waals surface area (Å²) in [5, 5.41) is 0. The maximum absolute atomic E-state index is 11.8. The van der Waals surface area contributed by atoms with Gasteiger partial charge in [0.15, 0.2) is 0 Å². The third kappa shape index (κ3) is 3.32. The van der Waals surface area contributed by atoms with Crippen LogP contribution in [0.3, 0.4) is 0 Å². The molecule has 15 heavy (non-hydrogen) atoms. The molecule has 0 radical (unpaired) electrons. The molecule has 7 heteroatoms. The van der Waals surface area contributed by atoms with Crippen molar-refractivity contribution in [2.24, 2.45) is 0 Å². The van der Waals surface area contributed by atoms with E-state index in [1.54, 1.807) is 6.92 Å². The first kappa shape index (κ1) is 13.3. The Labute approximate surface area is 103 Å². The lowest BCUT2D eigenvalue weighted by molar-refractivity contribution is 0.556. The number of hydrogen-bond donors (Lipinski definition) is 1. The van der Waals surface area contributed by atoms with Gasteiger partial charge in [0.1, 0.15) is 9.23 Å². The van der Waals surface area contributed by atoms with Gasteiger partial charge < -0.3 is 0 Å². The average Bonchev–Trinajstić information content (AvgIpc) is 2.45. The van der Waals surface area contributed by atoms with Crippen LogP contribution in [0.15, 0.2) is 11.0 Å². The highest BCUT2D eigenvalue weighted by Crippen LogP contribution is 2.34. The van der Waals surface area contributed by atoms with Gasteiger partial charge in [0, 0.05) is 6.04 Å². The fourth-order valence-electron chi connectivity index (χ4n) is 0.920. The van der Waals surface area contributed by atoms with Gasteiger partial charge in [-0.2, -0.15) is 0 Å². The summed E-state index contributed by atoms with van der Waals surface area (Å²) in [4.78, 5) is 0.0551. The van der Waals surface area contributed by atoms with E-state index in [0.29, 0.717) is 10.8 Å². The normalized spacial score (nSPS) is 14.1. The molecular weight excluding hydrogens is 277 g/mol. The van der Waals surface area contributed by atoms with E-state index in [9.17, 15) is 8.42 Å². The Morgan fingerprint density at radius 1 is 1.53 bits per heavy atom. The van der Waals surface area contributed by atoms with Crippen molar-refractivity contribution in [1.82, 2.24) is 4.72 Å². The van der Waals surface area contributed by atoms with Crippen LogP contribution in [0.2, 0.25) is 8.67 Å². The molecule has 1 unspecified atom stereocenters. The first-order chi connectivity index (χ1) is 6.86. The van der Waals surface area contributed by atoms with Crippen molar-refractivity contribution in [2.45, 2.75) is 31.2 Å². The smallest absolute Gasteiger partial charge is 0.208 e. The molecule has 0 aromatic carbocycles. The Hall–Kier alpha value is 0.190. The number of hydrogen-bond acceptors (Lipinski definition) is 3. The highest BCUT2D eigenvalue weighted by molar-refractivity contribution is 7.89. The fraction of sp³-hybridized carbons (Fsp3) is 0.500. The van der Waals surface area contributed by atoms with Crippen LogP contribution in [-0.4, -0.2) is 14.5 Å². The van der Waals surface area contributed by atoms with Crippen molar-refractivity contribution < 1.29 is 8.42 Å². The van der Waals surface area contributed by atoms with E-state index >= 15 is 0 Å². The summed E-state index contributed by atoms with van der Waals surface area (Å²) in [6, 6.07) is 1.24. The van der Waals surface area contributed by atoms with Crippen molar-refractivity contribution in [1.29, 1.82) is 0 Å². The Balaban J connectivity index is 3.01. The standard InChI is InChI=1S/C8H11Cl2NO2S2/c1-3-5(2)11-15(12,13)6-4-7(9)14-8(6)10/h4-5,11H,3H2,1-2H3. The summed E-state index contributed by atoms with van der Waals surface area (Å²) in [6.45, 7) is 3.69. The van der Waals surface area contributed by atoms with Crippen LogP contribution in [0, 0.1) is 0 Å². The van der Waals surface area contributed by atoms with Gasteiger partial charge in [-0.05, 0) is 19.4 Å². The van der Waals surface area contributed by atoms with E-state index in [1.165, 1.54) is 6.07 Å². The quantitative estimate of drug-likeness (QED) is 0.925. The minimum atomic E-state index is -3.54. The van der Waals surface area contributed by atoms with Gasteiger partial charge >= 0.3 is 0 Å². The SMILES string of the molecule is CCC(C)NS(=O)(=O)c1cc(Cl)sc1Cl. The molecule has 1 aromatic heterocycles. The van der Waals surface area contributed by atoms with Crippen molar-refractivity contribution in [3.05, 3.63) is 14.7 Å². The summed E-state index contributed by atoms with van der Waals surface area (Å²) in [5.74, 6) is 0. The molecule has 0 aliphatic heterocycles.